The third kappa shape index (κ3) is 4.41. The van der Waals surface area contributed by atoms with E-state index in [1.54, 1.807) is 17.4 Å². The molecule has 0 aliphatic rings. The number of hydrogen-bond donors (Lipinski definition) is 3. The molecule has 6 nitrogen and oxygen atoms in total. The first-order valence-electron chi connectivity index (χ1n) is 6.11. The van der Waals surface area contributed by atoms with Gasteiger partial charge >= 0.3 is 0 Å². The molecule has 0 atom stereocenters. The van der Waals surface area contributed by atoms with Gasteiger partial charge in [0.1, 0.15) is 18.2 Å². The minimum Gasteiger partial charge on any atom is -0.374 e. The number of nitrogen functional groups attached to an aromatic ring is 1. The summed E-state index contributed by atoms with van der Waals surface area (Å²) >= 11 is 5.12. The van der Waals surface area contributed by atoms with Crippen LogP contribution < -0.4 is 16.6 Å². The summed E-state index contributed by atoms with van der Waals surface area (Å²) in [5.74, 6) is 7.28. The van der Waals surface area contributed by atoms with Crippen LogP contribution in [0.25, 0.3) is 0 Å². The van der Waals surface area contributed by atoms with Gasteiger partial charge in [0.25, 0.3) is 0 Å². The molecule has 0 radical (unpaired) electrons. The molecule has 0 bridgehead atoms. The van der Waals surface area contributed by atoms with Crippen LogP contribution >= 0.6 is 27.3 Å². The third-order valence-electron chi connectivity index (χ3n) is 2.43. The molecular weight excluding hydrogens is 342 g/mol. The predicted octanol–water partition coefficient (Wildman–Crippen LogP) is 2.73. The van der Waals surface area contributed by atoms with Crippen molar-refractivity contribution in [3.05, 3.63) is 32.7 Å². The Labute approximate surface area is 129 Å². The fourth-order valence-electron chi connectivity index (χ4n) is 1.54. The molecule has 2 aromatic rings. The molecule has 108 valence electrons. The normalized spacial score (nSPS) is 10.6. The maximum absolute atomic E-state index is 5.41. The van der Waals surface area contributed by atoms with Crippen molar-refractivity contribution in [1.82, 2.24) is 9.97 Å². The van der Waals surface area contributed by atoms with E-state index in [9.17, 15) is 0 Å². The number of ether oxygens (including phenoxy) is 1. The number of aromatic nitrogens is 2. The summed E-state index contributed by atoms with van der Waals surface area (Å²) in [6.07, 6.45) is 0. The molecule has 0 saturated carbocycles. The third-order valence-corrected chi connectivity index (χ3v) is 4.05. The second kappa shape index (κ2) is 7.53. The van der Waals surface area contributed by atoms with E-state index >= 15 is 0 Å². The maximum atomic E-state index is 5.41. The van der Waals surface area contributed by atoms with Crippen LogP contribution in [-0.4, -0.2) is 16.6 Å². The van der Waals surface area contributed by atoms with Crippen LogP contribution in [0.1, 0.15) is 17.6 Å². The van der Waals surface area contributed by atoms with Crippen LogP contribution in [0, 0.1) is 0 Å². The number of thiophene rings is 1. The molecule has 0 saturated heterocycles. The molecule has 0 amide bonds. The zero-order chi connectivity index (χ0) is 14.4. The number of halogens is 1. The van der Waals surface area contributed by atoms with Gasteiger partial charge in [-0.15, -0.1) is 11.3 Å². The highest BCUT2D eigenvalue weighted by Gasteiger charge is 2.05. The van der Waals surface area contributed by atoms with Crippen molar-refractivity contribution in [3.8, 4) is 0 Å². The Balaban J connectivity index is 2.05. The Morgan fingerprint density at radius 3 is 2.80 bits per heavy atom. The van der Waals surface area contributed by atoms with E-state index < -0.39 is 0 Å². The minimum absolute atomic E-state index is 0.366. The first-order valence-corrected chi connectivity index (χ1v) is 7.72. The van der Waals surface area contributed by atoms with Gasteiger partial charge < -0.3 is 15.5 Å². The molecule has 2 aromatic heterocycles. The lowest BCUT2D eigenvalue weighted by atomic mass is 10.4. The summed E-state index contributed by atoms with van der Waals surface area (Å²) in [6.45, 7) is 3.62. The zero-order valence-electron chi connectivity index (χ0n) is 11.0. The van der Waals surface area contributed by atoms with E-state index in [1.807, 2.05) is 13.0 Å². The van der Waals surface area contributed by atoms with Crippen LogP contribution in [-0.2, 0) is 17.9 Å². The zero-order valence-corrected chi connectivity index (χ0v) is 13.4. The molecule has 8 heteroatoms. The summed E-state index contributed by atoms with van der Waals surface area (Å²) in [7, 11) is 0. The average molecular weight is 358 g/mol. The van der Waals surface area contributed by atoms with Crippen LogP contribution in [0.2, 0.25) is 0 Å². The number of rotatable bonds is 7. The number of nitrogens with zero attached hydrogens (tertiary/aromatic N) is 2. The van der Waals surface area contributed by atoms with Crippen molar-refractivity contribution in [2.45, 2.75) is 20.1 Å². The molecule has 20 heavy (non-hydrogen) atoms. The SMILES string of the molecule is CCOCc1nc(NN)cc(NCc2ccc(Br)s2)n1. The Kier molecular flexibility index (Phi) is 5.72. The van der Waals surface area contributed by atoms with Gasteiger partial charge in [-0.05, 0) is 35.0 Å². The summed E-state index contributed by atoms with van der Waals surface area (Å²) in [4.78, 5) is 9.83. The second-order valence-corrected chi connectivity index (χ2v) is 6.44. The second-order valence-electron chi connectivity index (χ2n) is 3.90. The van der Waals surface area contributed by atoms with Gasteiger partial charge in [-0.25, -0.2) is 15.8 Å². The molecular formula is C12H16BrN5OS. The lowest BCUT2D eigenvalue weighted by Crippen LogP contribution is -2.12. The summed E-state index contributed by atoms with van der Waals surface area (Å²) < 4.78 is 6.42. The fraction of sp³-hybridized carbons (Fsp3) is 0.333. The van der Waals surface area contributed by atoms with Gasteiger partial charge in [0.2, 0.25) is 0 Å². The van der Waals surface area contributed by atoms with Gasteiger partial charge in [0.05, 0.1) is 10.3 Å². The minimum atomic E-state index is 0.366. The number of hydrogen-bond acceptors (Lipinski definition) is 7. The Bertz CT molecular complexity index is 563. The molecule has 0 aliphatic carbocycles. The van der Waals surface area contributed by atoms with E-state index in [1.165, 1.54) is 4.88 Å². The smallest absolute Gasteiger partial charge is 0.158 e. The van der Waals surface area contributed by atoms with Gasteiger partial charge in [0, 0.05) is 17.6 Å². The average Bonchev–Trinajstić information content (AvgIpc) is 2.88. The van der Waals surface area contributed by atoms with Gasteiger partial charge in [-0.2, -0.15) is 0 Å². The molecule has 4 N–H and O–H groups in total. The van der Waals surface area contributed by atoms with Crippen LogP contribution in [0.4, 0.5) is 11.6 Å². The van der Waals surface area contributed by atoms with Crippen molar-refractivity contribution in [3.63, 3.8) is 0 Å². The highest BCUT2D eigenvalue weighted by molar-refractivity contribution is 9.11. The predicted molar refractivity (Wildman–Crippen MR) is 84.5 cm³/mol. The van der Waals surface area contributed by atoms with Crippen molar-refractivity contribution >= 4 is 38.9 Å². The quantitative estimate of drug-likeness (QED) is 0.521. The van der Waals surface area contributed by atoms with Crippen LogP contribution in [0.5, 0.6) is 0 Å². The van der Waals surface area contributed by atoms with Crippen molar-refractivity contribution in [2.24, 2.45) is 5.84 Å². The van der Waals surface area contributed by atoms with Crippen molar-refractivity contribution in [2.75, 3.05) is 17.3 Å². The number of nitrogens with two attached hydrogens (primary N) is 1. The first-order chi connectivity index (χ1) is 9.71. The largest absolute Gasteiger partial charge is 0.374 e. The van der Waals surface area contributed by atoms with Crippen molar-refractivity contribution in [1.29, 1.82) is 0 Å². The summed E-state index contributed by atoms with van der Waals surface area (Å²) in [5, 5.41) is 3.25. The van der Waals surface area contributed by atoms with Crippen LogP contribution in [0.15, 0.2) is 22.0 Å². The fourth-order valence-corrected chi connectivity index (χ4v) is 2.97. The van der Waals surface area contributed by atoms with E-state index in [0.29, 0.717) is 37.2 Å². The number of anilines is 2. The molecule has 0 fully saturated rings. The molecule has 0 spiro atoms. The van der Waals surface area contributed by atoms with E-state index in [-0.39, 0.29) is 0 Å². The first kappa shape index (κ1) is 15.2. The highest BCUT2D eigenvalue weighted by atomic mass is 79.9. The van der Waals surface area contributed by atoms with Gasteiger partial charge in [-0.3, -0.25) is 0 Å². The van der Waals surface area contributed by atoms with E-state index in [4.69, 9.17) is 10.6 Å². The molecule has 0 aromatic carbocycles. The van der Waals surface area contributed by atoms with Crippen LogP contribution in [0.3, 0.4) is 0 Å². The Morgan fingerprint density at radius 2 is 2.15 bits per heavy atom. The monoisotopic (exact) mass is 357 g/mol. The lowest BCUT2D eigenvalue weighted by molar-refractivity contribution is 0.128. The topological polar surface area (TPSA) is 85.1 Å². The highest BCUT2D eigenvalue weighted by Crippen LogP contribution is 2.23. The van der Waals surface area contributed by atoms with Crippen molar-refractivity contribution < 1.29 is 4.74 Å². The Morgan fingerprint density at radius 1 is 1.35 bits per heavy atom. The number of hydrazine groups is 1. The summed E-state index contributed by atoms with van der Waals surface area (Å²) in [6, 6.07) is 5.85. The standard InChI is InChI=1S/C12H16BrN5OS/c1-2-19-7-12-16-10(5-11(17-12)18-14)15-6-8-3-4-9(13)20-8/h3-5H,2,6-7,14H2,1H3,(H2,15,16,17,18). The molecule has 0 unspecified atom stereocenters. The number of nitrogens with one attached hydrogen (secondary N) is 2. The molecule has 0 aliphatic heterocycles. The van der Waals surface area contributed by atoms with Gasteiger partial charge in [0.15, 0.2) is 5.82 Å². The lowest BCUT2D eigenvalue weighted by Gasteiger charge is -2.09. The molecule has 2 rings (SSSR count). The van der Waals surface area contributed by atoms with E-state index in [2.05, 4.69) is 42.7 Å². The Hall–Kier alpha value is -1.22. The van der Waals surface area contributed by atoms with Gasteiger partial charge in [-0.1, -0.05) is 0 Å². The summed E-state index contributed by atoms with van der Waals surface area (Å²) in [5.41, 5.74) is 2.53. The van der Waals surface area contributed by atoms with E-state index in [0.717, 1.165) is 3.79 Å². The maximum Gasteiger partial charge on any atom is 0.158 e. The molecule has 2 heterocycles.